The minimum Gasteiger partial charge on any atom is -0.481 e. The molecule has 1 unspecified atom stereocenters. The van der Waals surface area contributed by atoms with Crippen LogP contribution >= 0.6 is 0 Å². The summed E-state index contributed by atoms with van der Waals surface area (Å²) in [7, 11) is 3.71. The Labute approximate surface area is 170 Å². The Hall–Kier alpha value is -2.90. The zero-order valence-electron chi connectivity index (χ0n) is 17.2. The van der Waals surface area contributed by atoms with Crippen molar-refractivity contribution in [3.8, 4) is 11.6 Å². The minimum absolute atomic E-state index is 0.0951. The molecule has 2 aromatic heterocycles. The molecule has 0 amide bonds. The van der Waals surface area contributed by atoms with Gasteiger partial charge < -0.3 is 9.64 Å². The molecule has 0 spiro atoms. The third-order valence-electron chi connectivity index (χ3n) is 5.89. The number of imidazole rings is 1. The number of hydrogen-bond acceptors (Lipinski definition) is 5. The predicted molar refractivity (Wildman–Crippen MR) is 113 cm³/mol. The van der Waals surface area contributed by atoms with Crippen LogP contribution in [0.3, 0.4) is 0 Å². The number of benzene rings is 1. The maximum atomic E-state index is 13.5. The van der Waals surface area contributed by atoms with Crippen LogP contribution in [0.2, 0.25) is 0 Å². The highest BCUT2D eigenvalue weighted by Crippen LogP contribution is 2.30. The second kappa shape index (κ2) is 7.85. The van der Waals surface area contributed by atoms with Crippen LogP contribution < -0.4 is 10.4 Å². The minimum atomic E-state index is -0.579. The normalized spacial score (nSPS) is 17.8. The molecule has 0 bridgehead atoms. The van der Waals surface area contributed by atoms with Gasteiger partial charge in [-0.15, -0.1) is 0 Å². The second-order valence-corrected chi connectivity index (χ2v) is 7.56. The highest BCUT2D eigenvalue weighted by Gasteiger charge is 2.38. The third kappa shape index (κ3) is 3.47. The van der Waals surface area contributed by atoms with Crippen molar-refractivity contribution in [2.75, 3.05) is 40.3 Å². The molecule has 0 N–H and O–H groups in total. The van der Waals surface area contributed by atoms with E-state index in [2.05, 4.69) is 40.9 Å². The average molecular weight is 393 g/mol. The molecule has 29 heavy (non-hydrogen) atoms. The molecule has 1 aromatic carbocycles. The van der Waals surface area contributed by atoms with Gasteiger partial charge in [0.25, 0.3) is 0 Å². The smallest absolute Gasteiger partial charge is 0.334 e. The first-order valence-corrected chi connectivity index (χ1v) is 9.84. The summed E-state index contributed by atoms with van der Waals surface area (Å²) in [5, 5.41) is 0. The molecule has 3 aromatic rings. The lowest BCUT2D eigenvalue weighted by atomic mass is 9.98. The highest BCUT2D eigenvalue weighted by atomic mass is 16.5. The molecule has 7 nitrogen and oxygen atoms in total. The first-order valence-electron chi connectivity index (χ1n) is 9.84. The van der Waals surface area contributed by atoms with E-state index in [0.717, 1.165) is 31.7 Å². The van der Waals surface area contributed by atoms with Crippen molar-refractivity contribution in [2.24, 2.45) is 0 Å². The fraction of sp³-hybridized carbons (Fsp3) is 0.364. The second-order valence-electron chi connectivity index (χ2n) is 7.56. The zero-order chi connectivity index (χ0) is 20.4. The quantitative estimate of drug-likeness (QED) is 0.664. The topological polar surface area (TPSA) is 55.5 Å². The van der Waals surface area contributed by atoms with Crippen LogP contribution in [0.5, 0.6) is 5.88 Å². The van der Waals surface area contributed by atoms with Gasteiger partial charge in [0.2, 0.25) is 5.88 Å². The maximum absolute atomic E-state index is 13.5. The van der Waals surface area contributed by atoms with Gasteiger partial charge in [0.05, 0.1) is 19.0 Å². The predicted octanol–water partition coefficient (Wildman–Crippen LogP) is 2.01. The molecule has 3 heterocycles. The van der Waals surface area contributed by atoms with Gasteiger partial charge in [0, 0.05) is 44.6 Å². The number of hydrogen-bond donors (Lipinski definition) is 0. The molecular weight excluding hydrogens is 366 g/mol. The van der Waals surface area contributed by atoms with Crippen molar-refractivity contribution in [3.05, 3.63) is 77.1 Å². The van der Waals surface area contributed by atoms with Crippen LogP contribution in [0.25, 0.3) is 5.69 Å². The van der Waals surface area contributed by atoms with Crippen LogP contribution in [0, 0.1) is 0 Å². The summed E-state index contributed by atoms with van der Waals surface area (Å²) in [5.74, 6) is 0.521. The molecule has 0 saturated carbocycles. The number of nitrogens with zero attached hydrogens (tertiary/aromatic N) is 5. The molecule has 7 heteroatoms. The standard InChI is InChI=1S/C22H27N5O2/c1-22(18-7-5-4-6-8-18,25-13-11-24(2)12-14-25)27-16-15-26(21(27)28)19-9-10-20(29-3)23-17-19/h4-10,15-17H,11-14H2,1-3H3. The molecule has 152 valence electrons. The Kier molecular flexibility index (Phi) is 5.25. The fourth-order valence-electron chi connectivity index (χ4n) is 4.01. The Morgan fingerprint density at radius 3 is 2.34 bits per heavy atom. The maximum Gasteiger partial charge on any atom is 0.334 e. The van der Waals surface area contributed by atoms with E-state index in [1.165, 1.54) is 0 Å². The number of pyridine rings is 1. The van der Waals surface area contributed by atoms with E-state index >= 15 is 0 Å². The van der Waals surface area contributed by atoms with Crippen molar-refractivity contribution in [3.63, 3.8) is 0 Å². The van der Waals surface area contributed by atoms with Crippen molar-refractivity contribution in [1.29, 1.82) is 0 Å². The van der Waals surface area contributed by atoms with E-state index in [1.807, 2.05) is 41.2 Å². The largest absolute Gasteiger partial charge is 0.481 e. The van der Waals surface area contributed by atoms with E-state index in [-0.39, 0.29) is 5.69 Å². The third-order valence-corrected chi connectivity index (χ3v) is 5.89. The van der Waals surface area contributed by atoms with Gasteiger partial charge in [-0.25, -0.2) is 9.78 Å². The summed E-state index contributed by atoms with van der Waals surface area (Å²) in [6.07, 6.45) is 5.33. The molecular formula is C22H27N5O2. The summed E-state index contributed by atoms with van der Waals surface area (Å²) in [6.45, 7) is 5.86. The molecule has 1 atom stereocenters. The van der Waals surface area contributed by atoms with Crippen molar-refractivity contribution in [1.82, 2.24) is 23.9 Å². The van der Waals surface area contributed by atoms with Crippen LogP contribution in [-0.4, -0.2) is 64.3 Å². The van der Waals surface area contributed by atoms with E-state index in [0.29, 0.717) is 11.6 Å². The molecule has 4 rings (SSSR count). The summed E-state index contributed by atoms with van der Waals surface area (Å²) >= 11 is 0. The first kappa shape index (κ1) is 19.4. The molecule has 0 aliphatic carbocycles. The first-order chi connectivity index (χ1) is 14.0. The van der Waals surface area contributed by atoms with E-state index in [9.17, 15) is 4.79 Å². The van der Waals surface area contributed by atoms with E-state index in [1.54, 1.807) is 23.9 Å². The van der Waals surface area contributed by atoms with Gasteiger partial charge in [-0.2, -0.15) is 0 Å². The Morgan fingerprint density at radius 2 is 1.72 bits per heavy atom. The summed E-state index contributed by atoms with van der Waals surface area (Å²) in [4.78, 5) is 22.4. The molecule has 1 aliphatic heterocycles. The molecule has 0 radical (unpaired) electrons. The zero-order valence-corrected chi connectivity index (χ0v) is 17.2. The Bertz CT molecular complexity index is 1000. The van der Waals surface area contributed by atoms with Crippen LogP contribution in [-0.2, 0) is 5.66 Å². The molecule has 1 fully saturated rings. The number of ether oxygens (including phenoxy) is 1. The lowest BCUT2D eigenvalue weighted by Crippen LogP contribution is -2.58. The summed E-state index contributed by atoms with van der Waals surface area (Å²) in [6, 6.07) is 13.8. The number of rotatable bonds is 5. The number of piperazine rings is 1. The van der Waals surface area contributed by atoms with Gasteiger partial charge in [-0.1, -0.05) is 30.3 Å². The van der Waals surface area contributed by atoms with Crippen molar-refractivity contribution < 1.29 is 4.74 Å². The van der Waals surface area contributed by atoms with Gasteiger partial charge >= 0.3 is 5.69 Å². The van der Waals surface area contributed by atoms with Crippen LogP contribution in [0.4, 0.5) is 0 Å². The van der Waals surface area contributed by atoms with Gasteiger partial charge in [-0.05, 0) is 25.6 Å². The molecule has 1 aliphatic rings. The Morgan fingerprint density at radius 1 is 1.00 bits per heavy atom. The van der Waals surface area contributed by atoms with Crippen LogP contribution in [0.15, 0.2) is 65.8 Å². The summed E-state index contributed by atoms with van der Waals surface area (Å²) < 4.78 is 8.59. The number of likely N-dealkylation sites (N-methyl/N-ethyl adjacent to an activating group) is 1. The van der Waals surface area contributed by atoms with Gasteiger partial charge in [0.1, 0.15) is 5.66 Å². The number of methoxy groups -OCH3 is 1. The van der Waals surface area contributed by atoms with Crippen molar-refractivity contribution >= 4 is 0 Å². The molecule has 1 saturated heterocycles. The van der Waals surface area contributed by atoms with Gasteiger partial charge in [-0.3, -0.25) is 14.0 Å². The lowest BCUT2D eigenvalue weighted by Gasteiger charge is -2.45. The fourth-order valence-corrected chi connectivity index (χ4v) is 4.01. The Balaban J connectivity index is 1.79. The monoisotopic (exact) mass is 393 g/mol. The summed E-state index contributed by atoms with van der Waals surface area (Å²) in [5.41, 5.74) is 1.13. The highest BCUT2D eigenvalue weighted by molar-refractivity contribution is 5.32. The SMILES string of the molecule is COc1ccc(-n2ccn(C(C)(c3ccccc3)N3CCN(C)CC3)c2=O)cn1. The lowest BCUT2D eigenvalue weighted by molar-refractivity contribution is 0.0259. The van der Waals surface area contributed by atoms with Crippen molar-refractivity contribution in [2.45, 2.75) is 12.6 Å². The van der Waals surface area contributed by atoms with Crippen LogP contribution in [0.1, 0.15) is 12.5 Å². The van der Waals surface area contributed by atoms with E-state index in [4.69, 9.17) is 4.74 Å². The average Bonchev–Trinajstić information content (AvgIpc) is 3.16. The van der Waals surface area contributed by atoms with E-state index < -0.39 is 5.66 Å². The van der Waals surface area contributed by atoms with Gasteiger partial charge in [0.15, 0.2) is 0 Å². The number of aromatic nitrogens is 3.